The lowest BCUT2D eigenvalue weighted by Crippen LogP contribution is -2.28. The Hall–Kier alpha value is -0.500. The van der Waals surface area contributed by atoms with Crippen molar-refractivity contribution >= 4 is 21.6 Å². The van der Waals surface area contributed by atoms with E-state index in [2.05, 4.69) is 66.7 Å². The molecule has 0 aliphatic heterocycles. The molecule has 0 spiro atoms. The van der Waals surface area contributed by atoms with Crippen LogP contribution in [-0.4, -0.2) is 13.1 Å². The molecule has 1 unspecified atom stereocenters. The van der Waals surface area contributed by atoms with E-state index >= 15 is 0 Å². The molecule has 1 rings (SSSR count). The van der Waals surface area contributed by atoms with E-state index in [1.54, 1.807) is 0 Å². The summed E-state index contributed by atoms with van der Waals surface area (Å²) in [7, 11) is 0. The monoisotopic (exact) mass is 297 g/mol. The van der Waals surface area contributed by atoms with Gasteiger partial charge in [0.2, 0.25) is 0 Å². The van der Waals surface area contributed by atoms with Crippen molar-refractivity contribution in [2.75, 3.05) is 18.0 Å². The van der Waals surface area contributed by atoms with E-state index in [9.17, 15) is 0 Å². The first-order chi connectivity index (χ1) is 8.12. The molecule has 0 radical (unpaired) electrons. The molecule has 0 fully saturated rings. The minimum atomic E-state index is 0.755. The van der Waals surface area contributed by atoms with E-state index in [0.717, 1.165) is 24.3 Å². The summed E-state index contributed by atoms with van der Waals surface area (Å²) in [6.45, 7) is 11.3. The number of rotatable bonds is 6. The smallest absolute Gasteiger partial charge is 0.0396 e. The summed E-state index contributed by atoms with van der Waals surface area (Å²) in [5.41, 5.74) is 4.12. The van der Waals surface area contributed by atoms with Gasteiger partial charge in [0.1, 0.15) is 0 Å². The second-order valence-electron chi connectivity index (χ2n) is 4.81. The Kier molecular flexibility index (Phi) is 6.04. The average Bonchev–Trinajstić information content (AvgIpc) is 2.35. The third kappa shape index (κ3) is 4.02. The highest BCUT2D eigenvalue weighted by Gasteiger charge is 2.10. The summed E-state index contributed by atoms with van der Waals surface area (Å²) >= 11 is 3.51. The van der Waals surface area contributed by atoms with Gasteiger partial charge in [0, 0.05) is 24.1 Å². The Labute approximate surface area is 114 Å². The Morgan fingerprint density at radius 2 is 2.00 bits per heavy atom. The molecule has 0 aliphatic carbocycles. The fourth-order valence-corrected chi connectivity index (χ4v) is 2.41. The number of alkyl halides is 1. The van der Waals surface area contributed by atoms with Gasteiger partial charge in [-0.2, -0.15) is 0 Å². The van der Waals surface area contributed by atoms with E-state index in [4.69, 9.17) is 0 Å². The highest BCUT2D eigenvalue weighted by atomic mass is 79.9. The van der Waals surface area contributed by atoms with Crippen molar-refractivity contribution in [2.45, 2.75) is 39.4 Å². The predicted molar refractivity (Wildman–Crippen MR) is 81.2 cm³/mol. The van der Waals surface area contributed by atoms with Crippen LogP contribution in [0.5, 0.6) is 0 Å². The number of hydrogen-bond acceptors (Lipinski definition) is 1. The van der Waals surface area contributed by atoms with Gasteiger partial charge in [-0.25, -0.2) is 0 Å². The number of halogens is 1. The predicted octanol–water partition coefficient (Wildman–Crippen LogP) is 4.76. The van der Waals surface area contributed by atoms with Gasteiger partial charge in [-0.05, 0) is 37.0 Å². The third-order valence-electron chi connectivity index (χ3n) is 3.37. The number of hydrogen-bond donors (Lipinski definition) is 0. The Morgan fingerprint density at radius 3 is 2.47 bits per heavy atom. The fraction of sp³-hybridized carbons (Fsp3) is 0.600. The van der Waals surface area contributed by atoms with Crippen LogP contribution in [0.25, 0.3) is 0 Å². The van der Waals surface area contributed by atoms with Crippen molar-refractivity contribution in [3.63, 3.8) is 0 Å². The highest BCUT2D eigenvalue weighted by molar-refractivity contribution is 9.08. The molecule has 1 atom stereocenters. The Balaban J connectivity index is 2.88. The maximum Gasteiger partial charge on any atom is 0.0396 e. The van der Waals surface area contributed by atoms with Crippen LogP contribution in [0.4, 0.5) is 5.69 Å². The molecule has 2 heteroatoms. The van der Waals surface area contributed by atoms with Gasteiger partial charge in [0.15, 0.2) is 0 Å². The maximum atomic E-state index is 3.51. The number of aryl methyl sites for hydroxylation is 1. The number of benzene rings is 1. The fourth-order valence-electron chi connectivity index (χ4n) is 2.06. The zero-order chi connectivity index (χ0) is 12.8. The first kappa shape index (κ1) is 14.6. The van der Waals surface area contributed by atoms with Crippen molar-refractivity contribution in [1.82, 2.24) is 0 Å². The molecule has 96 valence electrons. The quantitative estimate of drug-likeness (QED) is 0.684. The molecule has 0 bridgehead atoms. The van der Waals surface area contributed by atoms with Crippen molar-refractivity contribution in [3.05, 3.63) is 29.3 Å². The van der Waals surface area contributed by atoms with Gasteiger partial charge in [-0.3, -0.25) is 0 Å². The average molecular weight is 298 g/mol. The van der Waals surface area contributed by atoms with Gasteiger partial charge in [0.05, 0.1) is 0 Å². The molecular weight excluding hydrogens is 274 g/mol. The molecule has 1 nitrogen and oxygen atoms in total. The first-order valence-electron chi connectivity index (χ1n) is 6.52. The van der Waals surface area contributed by atoms with E-state index in [0.29, 0.717) is 0 Å². The van der Waals surface area contributed by atoms with Gasteiger partial charge in [-0.1, -0.05) is 48.3 Å². The van der Waals surface area contributed by atoms with Crippen LogP contribution in [0, 0.1) is 12.8 Å². The minimum absolute atomic E-state index is 0.755. The Bertz CT molecular complexity index is 349. The summed E-state index contributed by atoms with van der Waals surface area (Å²) in [6.07, 6.45) is 1.25. The van der Waals surface area contributed by atoms with Crippen molar-refractivity contribution in [1.29, 1.82) is 0 Å². The molecule has 0 N–H and O–H groups in total. The Morgan fingerprint density at radius 1 is 1.29 bits per heavy atom. The van der Waals surface area contributed by atoms with Crippen LogP contribution in [0.15, 0.2) is 18.2 Å². The largest absolute Gasteiger partial charge is 0.371 e. The molecule has 0 aliphatic rings. The van der Waals surface area contributed by atoms with E-state index in [-0.39, 0.29) is 0 Å². The molecule has 17 heavy (non-hydrogen) atoms. The molecule has 0 amide bonds. The zero-order valence-electron chi connectivity index (χ0n) is 11.5. The third-order valence-corrected chi connectivity index (χ3v) is 4.01. The highest BCUT2D eigenvalue weighted by Crippen LogP contribution is 2.23. The summed E-state index contributed by atoms with van der Waals surface area (Å²) in [5, 5.41) is 0.936. The standard InChI is InChI=1S/C15H24BrN/c1-5-12(3)11-17(6-2)15-8-7-14(10-16)9-13(15)4/h7-9,12H,5-6,10-11H2,1-4H3. The topological polar surface area (TPSA) is 3.24 Å². The lowest BCUT2D eigenvalue weighted by molar-refractivity contribution is 0.547. The summed E-state index contributed by atoms with van der Waals surface area (Å²) in [6, 6.07) is 6.76. The summed E-state index contributed by atoms with van der Waals surface area (Å²) in [5.74, 6) is 0.755. The molecule has 0 heterocycles. The van der Waals surface area contributed by atoms with Crippen molar-refractivity contribution < 1.29 is 0 Å². The van der Waals surface area contributed by atoms with Gasteiger partial charge < -0.3 is 4.90 Å². The molecule has 0 saturated heterocycles. The van der Waals surface area contributed by atoms with Gasteiger partial charge in [0.25, 0.3) is 0 Å². The second-order valence-corrected chi connectivity index (χ2v) is 5.37. The van der Waals surface area contributed by atoms with E-state index in [1.807, 2.05) is 0 Å². The van der Waals surface area contributed by atoms with Gasteiger partial charge in [-0.15, -0.1) is 0 Å². The summed E-state index contributed by atoms with van der Waals surface area (Å²) < 4.78 is 0. The van der Waals surface area contributed by atoms with Crippen LogP contribution < -0.4 is 4.90 Å². The summed E-state index contributed by atoms with van der Waals surface area (Å²) in [4.78, 5) is 2.49. The molecular formula is C15H24BrN. The van der Waals surface area contributed by atoms with Crippen LogP contribution in [0.3, 0.4) is 0 Å². The lowest BCUT2D eigenvalue weighted by Gasteiger charge is -2.28. The molecule has 1 aromatic carbocycles. The zero-order valence-corrected chi connectivity index (χ0v) is 13.0. The number of anilines is 1. The first-order valence-corrected chi connectivity index (χ1v) is 7.64. The normalized spacial score (nSPS) is 12.5. The maximum absolute atomic E-state index is 3.51. The van der Waals surface area contributed by atoms with Crippen molar-refractivity contribution in [3.8, 4) is 0 Å². The van der Waals surface area contributed by atoms with Crippen LogP contribution in [0.2, 0.25) is 0 Å². The van der Waals surface area contributed by atoms with Crippen LogP contribution in [0.1, 0.15) is 38.3 Å². The lowest BCUT2D eigenvalue weighted by atomic mass is 10.1. The molecule has 1 aromatic rings. The molecule has 0 saturated carbocycles. The van der Waals surface area contributed by atoms with Crippen LogP contribution >= 0.6 is 15.9 Å². The SMILES string of the molecule is CCC(C)CN(CC)c1ccc(CBr)cc1C. The molecule has 0 aromatic heterocycles. The van der Waals surface area contributed by atoms with Crippen LogP contribution in [-0.2, 0) is 5.33 Å². The van der Waals surface area contributed by atoms with E-state index in [1.165, 1.54) is 23.2 Å². The second kappa shape index (κ2) is 7.05. The van der Waals surface area contributed by atoms with Gasteiger partial charge >= 0.3 is 0 Å². The minimum Gasteiger partial charge on any atom is -0.371 e. The number of nitrogens with zero attached hydrogens (tertiary/aromatic N) is 1. The van der Waals surface area contributed by atoms with E-state index < -0.39 is 0 Å². The van der Waals surface area contributed by atoms with Crippen molar-refractivity contribution in [2.24, 2.45) is 5.92 Å².